The second kappa shape index (κ2) is 7.63. The number of methoxy groups -OCH3 is 1. The standard InChI is InChI=1S/C17H20N2O4S/c1-22-15-10-12(16-18-13(11-24-16)17(20)21)4-5-14(15)23-9-8-19-6-2-3-7-19/h4-5,10-11H,2-3,6-9H2,1H3,(H,20,21). The monoisotopic (exact) mass is 348 g/mol. The molecule has 0 unspecified atom stereocenters. The molecule has 24 heavy (non-hydrogen) atoms. The van der Waals surface area contributed by atoms with Gasteiger partial charge in [-0.3, -0.25) is 4.90 Å². The van der Waals surface area contributed by atoms with Crippen LogP contribution in [-0.4, -0.2) is 54.3 Å². The summed E-state index contributed by atoms with van der Waals surface area (Å²) < 4.78 is 11.3. The number of ether oxygens (including phenoxy) is 2. The van der Waals surface area contributed by atoms with E-state index in [-0.39, 0.29) is 5.69 Å². The van der Waals surface area contributed by atoms with Gasteiger partial charge in [0.1, 0.15) is 11.6 Å². The van der Waals surface area contributed by atoms with Gasteiger partial charge in [0.2, 0.25) is 0 Å². The average molecular weight is 348 g/mol. The number of aromatic carboxylic acids is 1. The molecule has 2 heterocycles. The van der Waals surface area contributed by atoms with Crippen LogP contribution in [0, 0.1) is 0 Å². The van der Waals surface area contributed by atoms with Gasteiger partial charge in [0.25, 0.3) is 0 Å². The minimum absolute atomic E-state index is 0.0555. The van der Waals surface area contributed by atoms with Crippen molar-refractivity contribution in [2.24, 2.45) is 0 Å². The molecular weight excluding hydrogens is 328 g/mol. The van der Waals surface area contributed by atoms with Crippen molar-refractivity contribution < 1.29 is 19.4 Å². The maximum absolute atomic E-state index is 10.9. The first-order valence-electron chi connectivity index (χ1n) is 7.90. The van der Waals surface area contributed by atoms with E-state index in [9.17, 15) is 4.79 Å². The number of likely N-dealkylation sites (tertiary alicyclic amines) is 1. The molecule has 1 aliphatic heterocycles. The molecule has 1 saturated heterocycles. The Kier molecular flexibility index (Phi) is 5.32. The molecule has 0 amide bonds. The molecule has 7 heteroatoms. The van der Waals surface area contributed by atoms with Crippen molar-refractivity contribution >= 4 is 17.3 Å². The number of carboxylic acid groups (broad SMARTS) is 1. The fourth-order valence-corrected chi connectivity index (χ4v) is 3.51. The molecule has 0 spiro atoms. The first-order chi connectivity index (χ1) is 11.7. The third-order valence-corrected chi connectivity index (χ3v) is 4.89. The fourth-order valence-electron chi connectivity index (χ4n) is 2.72. The predicted molar refractivity (Wildman–Crippen MR) is 92.2 cm³/mol. The van der Waals surface area contributed by atoms with Crippen molar-refractivity contribution in [3.8, 4) is 22.1 Å². The predicted octanol–water partition coefficient (Wildman–Crippen LogP) is 2.99. The number of nitrogens with zero attached hydrogens (tertiary/aromatic N) is 2. The van der Waals surface area contributed by atoms with Gasteiger partial charge in [0.15, 0.2) is 17.2 Å². The van der Waals surface area contributed by atoms with Crippen molar-refractivity contribution in [1.29, 1.82) is 0 Å². The summed E-state index contributed by atoms with van der Waals surface area (Å²) in [6.07, 6.45) is 2.54. The Hall–Kier alpha value is -2.12. The molecule has 1 fully saturated rings. The van der Waals surface area contributed by atoms with Gasteiger partial charge in [-0.15, -0.1) is 11.3 Å². The van der Waals surface area contributed by atoms with E-state index in [0.29, 0.717) is 23.1 Å². The molecule has 0 radical (unpaired) electrons. The van der Waals surface area contributed by atoms with Crippen molar-refractivity contribution in [3.63, 3.8) is 0 Å². The quantitative estimate of drug-likeness (QED) is 0.829. The zero-order valence-corrected chi connectivity index (χ0v) is 14.3. The molecule has 0 atom stereocenters. The van der Waals surface area contributed by atoms with Gasteiger partial charge in [-0.05, 0) is 44.1 Å². The Balaban J connectivity index is 1.68. The van der Waals surface area contributed by atoms with Crippen molar-refractivity contribution in [3.05, 3.63) is 29.3 Å². The Morgan fingerprint density at radius 1 is 1.33 bits per heavy atom. The Bertz CT molecular complexity index is 710. The lowest BCUT2D eigenvalue weighted by Gasteiger charge is -2.16. The van der Waals surface area contributed by atoms with Crippen LogP contribution >= 0.6 is 11.3 Å². The maximum atomic E-state index is 10.9. The van der Waals surface area contributed by atoms with E-state index < -0.39 is 5.97 Å². The zero-order valence-electron chi connectivity index (χ0n) is 13.5. The van der Waals surface area contributed by atoms with E-state index in [2.05, 4.69) is 9.88 Å². The molecule has 2 aromatic rings. The largest absolute Gasteiger partial charge is 0.493 e. The smallest absolute Gasteiger partial charge is 0.355 e. The van der Waals surface area contributed by atoms with E-state index >= 15 is 0 Å². The van der Waals surface area contributed by atoms with Crippen molar-refractivity contribution in [2.45, 2.75) is 12.8 Å². The molecule has 0 bridgehead atoms. The van der Waals surface area contributed by atoms with Crippen LogP contribution in [0.4, 0.5) is 0 Å². The van der Waals surface area contributed by atoms with Gasteiger partial charge < -0.3 is 14.6 Å². The number of carboxylic acids is 1. The zero-order chi connectivity index (χ0) is 16.9. The van der Waals surface area contributed by atoms with Gasteiger partial charge in [-0.1, -0.05) is 0 Å². The molecule has 1 N–H and O–H groups in total. The molecule has 3 rings (SSSR count). The number of carbonyl (C=O) groups is 1. The molecule has 1 aromatic heterocycles. The highest BCUT2D eigenvalue weighted by Gasteiger charge is 2.14. The number of hydrogen-bond donors (Lipinski definition) is 1. The fraction of sp³-hybridized carbons (Fsp3) is 0.412. The third-order valence-electron chi connectivity index (χ3n) is 4.00. The van der Waals surface area contributed by atoms with Crippen LogP contribution in [0.2, 0.25) is 0 Å². The summed E-state index contributed by atoms with van der Waals surface area (Å²) in [5, 5.41) is 11.2. The van der Waals surface area contributed by atoms with Crippen LogP contribution < -0.4 is 9.47 Å². The third kappa shape index (κ3) is 3.85. The summed E-state index contributed by atoms with van der Waals surface area (Å²) in [5.74, 6) is 0.294. The van der Waals surface area contributed by atoms with Gasteiger partial charge in [0.05, 0.1) is 7.11 Å². The lowest BCUT2D eigenvalue weighted by molar-refractivity contribution is 0.0691. The van der Waals surface area contributed by atoms with Gasteiger partial charge in [0, 0.05) is 17.5 Å². The van der Waals surface area contributed by atoms with Crippen LogP contribution in [0.1, 0.15) is 23.3 Å². The summed E-state index contributed by atoms with van der Waals surface area (Å²) in [7, 11) is 1.59. The summed E-state index contributed by atoms with van der Waals surface area (Å²) in [4.78, 5) is 17.5. The second-order valence-corrected chi connectivity index (χ2v) is 6.46. The highest BCUT2D eigenvalue weighted by molar-refractivity contribution is 7.13. The number of benzene rings is 1. The molecule has 1 aliphatic rings. The highest BCUT2D eigenvalue weighted by Crippen LogP contribution is 2.33. The number of rotatable bonds is 7. The summed E-state index contributed by atoms with van der Waals surface area (Å²) in [6, 6.07) is 5.55. The Labute approximate surface area is 144 Å². The van der Waals surface area contributed by atoms with Crippen LogP contribution in [-0.2, 0) is 0 Å². The molecule has 0 saturated carbocycles. The first-order valence-corrected chi connectivity index (χ1v) is 8.77. The topological polar surface area (TPSA) is 71.9 Å². The second-order valence-electron chi connectivity index (χ2n) is 5.61. The van der Waals surface area contributed by atoms with Crippen LogP contribution in [0.3, 0.4) is 0 Å². The summed E-state index contributed by atoms with van der Waals surface area (Å²) >= 11 is 1.30. The van der Waals surface area contributed by atoms with Gasteiger partial charge in [-0.2, -0.15) is 0 Å². The van der Waals surface area contributed by atoms with Crippen LogP contribution in [0.15, 0.2) is 23.6 Å². The Morgan fingerprint density at radius 2 is 2.12 bits per heavy atom. The molecular formula is C17H20N2O4S. The highest BCUT2D eigenvalue weighted by atomic mass is 32.1. The lowest BCUT2D eigenvalue weighted by atomic mass is 10.2. The normalized spacial score (nSPS) is 14.7. The summed E-state index contributed by atoms with van der Waals surface area (Å²) in [6.45, 7) is 3.83. The van der Waals surface area contributed by atoms with Crippen molar-refractivity contribution in [2.75, 3.05) is 33.4 Å². The lowest BCUT2D eigenvalue weighted by Crippen LogP contribution is -2.25. The van der Waals surface area contributed by atoms with E-state index in [1.807, 2.05) is 18.2 Å². The van der Waals surface area contributed by atoms with Crippen molar-refractivity contribution in [1.82, 2.24) is 9.88 Å². The molecule has 128 valence electrons. The molecule has 1 aromatic carbocycles. The molecule has 6 nitrogen and oxygen atoms in total. The van der Waals surface area contributed by atoms with E-state index in [1.165, 1.54) is 29.6 Å². The average Bonchev–Trinajstić information content (AvgIpc) is 3.26. The van der Waals surface area contributed by atoms with Crippen LogP contribution in [0.25, 0.3) is 10.6 Å². The van der Waals surface area contributed by atoms with Gasteiger partial charge in [-0.25, -0.2) is 9.78 Å². The number of aromatic nitrogens is 1. The van der Waals surface area contributed by atoms with Gasteiger partial charge >= 0.3 is 5.97 Å². The minimum Gasteiger partial charge on any atom is -0.493 e. The number of hydrogen-bond acceptors (Lipinski definition) is 6. The Morgan fingerprint density at radius 3 is 2.79 bits per heavy atom. The summed E-state index contributed by atoms with van der Waals surface area (Å²) in [5.41, 5.74) is 0.871. The van der Waals surface area contributed by atoms with E-state index in [0.717, 1.165) is 25.2 Å². The maximum Gasteiger partial charge on any atom is 0.355 e. The first kappa shape index (κ1) is 16.7. The number of thiazole rings is 1. The van der Waals surface area contributed by atoms with E-state index in [1.54, 1.807) is 7.11 Å². The minimum atomic E-state index is -1.02. The molecule has 0 aliphatic carbocycles. The van der Waals surface area contributed by atoms with Crippen LogP contribution in [0.5, 0.6) is 11.5 Å². The van der Waals surface area contributed by atoms with E-state index in [4.69, 9.17) is 14.6 Å². The SMILES string of the molecule is COc1cc(-c2nc(C(=O)O)cs2)ccc1OCCN1CCCC1.